The van der Waals surface area contributed by atoms with Gasteiger partial charge in [0.2, 0.25) is 10.0 Å². The van der Waals surface area contributed by atoms with Gasteiger partial charge in [0.05, 0.1) is 12.3 Å². The van der Waals surface area contributed by atoms with Crippen LogP contribution in [0.15, 0.2) is 16.7 Å². The van der Waals surface area contributed by atoms with Crippen LogP contribution in [0.2, 0.25) is 0 Å². The molecule has 6 heteroatoms. The lowest BCUT2D eigenvalue weighted by Gasteiger charge is -2.21. The molecule has 0 spiro atoms. The second-order valence-corrected chi connectivity index (χ2v) is 6.64. The summed E-state index contributed by atoms with van der Waals surface area (Å²) in [7, 11) is -3.21. The average molecular weight is 294 g/mol. The molecule has 4 nitrogen and oxygen atoms in total. The number of alkyl halides is 1. The van der Waals surface area contributed by atoms with Gasteiger partial charge < -0.3 is 4.42 Å². The van der Waals surface area contributed by atoms with E-state index < -0.39 is 10.0 Å². The van der Waals surface area contributed by atoms with Crippen molar-refractivity contribution in [3.63, 3.8) is 0 Å². The number of hydrogen-bond acceptors (Lipinski definition) is 3. The van der Waals surface area contributed by atoms with Gasteiger partial charge in [0.25, 0.3) is 0 Å². The number of furan rings is 1. The smallest absolute Gasteiger partial charge is 0.222 e. The van der Waals surface area contributed by atoms with Crippen molar-refractivity contribution in [1.29, 1.82) is 0 Å². The molecule has 1 N–H and O–H groups in total. The predicted octanol–water partition coefficient (Wildman–Crippen LogP) is 1.93. The summed E-state index contributed by atoms with van der Waals surface area (Å²) in [5, 5.41) is 0. The molecule has 0 fully saturated rings. The van der Waals surface area contributed by atoms with E-state index in [9.17, 15) is 8.42 Å². The van der Waals surface area contributed by atoms with Crippen molar-refractivity contribution in [3.8, 4) is 0 Å². The molecule has 15 heavy (non-hydrogen) atoms. The van der Waals surface area contributed by atoms with Crippen LogP contribution in [0, 0.1) is 0 Å². The van der Waals surface area contributed by atoms with E-state index in [1.54, 1.807) is 6.26 Å². The summed E-state index contributed by atoms with van der Waals surface area (Å²) >= 11 is 2.95. The highest BCUT2D eigenvalue weighted by molar-refractivity contribution is 9.10. The Morgan fingerprint density at radius 2 is 2.40 bits per heavy atom. The number of aryl methyl sites for hydroxylation is 1. The van der Waals surface area contributed by atoms with E-state index in [1.807, 2.05) is 6.07 Å². The van der Waals surface area contributed by atoms with Crippen LogP contribution in [-0.4, -0.2) is 13.1 Å². The fraction of sp³-hybridized carbons (Fsp3) is 0.556. The lowest BCUT2D eigenvalue weighted by Crippen LogP contribution is -2.31. The highest BCUT2D eigenvalue weighted by Gasteiger charge is 2.25. The molecular formula is C9H12BrNO3S. The summed E-state index contributed by atoms with van der Waals surface area (Å²) in [6.07, 6.45) is 4.30. The minimum absolute atomic E-state index is 0.0658. The van der Waals surface area contributed by atoms with E-state index in [-0.39, 0.29) is 10.7 Å². The number of rotatable bonds is 3. The summed E-state index contributed by atoms with van der Waals surface area (Å²) in [5.74, 6) is 0.906. The maximum atomic E-state index is 11.4. The largest absolute Gasteiger partial charge is 0.469 e. The molecule has 1 heterocycles. The maximum Gasteiger partial charge on any atom is 0.222 e. The normalized spacial score (nSPS) is 21.3. The van der Waals surface area contributed by atoms with Crippen LogP contribution in [0.25, 0.3) is 0 Å². The van der Waals surface area contributed by atoms with Crippen molar-refractivity contribution < 1.29 is 12.8 Å². The second kappa shape index (κ2) is 4.27. The van der Waals surface area contributed by atoms with Gasteiger partial charge >= 0.3 is 0 Å². The molecule has 0 radical (unpaired) electrons. The fourth-order valence-electron chi connectivity index (χ4n) is 1.86. The van der Waals surface area contributed by atoms with Gasteiger partial charge in [-0.2, -0.15) is 0 Å². The minimum Gasteiger partial charge on any atom is -0.469 e. The first kappa shape index (κ1) is 11.2. The third-order valence-electron chi connectivity index (χ3n) is 2.52. The molecule has 2 rings (SSSR count). The monoisotopic (exact) mass is 293 g/mol. The van der Waals surface area contributed by atoms with Crippen molar-refractivity contribution >= 4 is 26.0 Å². The SMILES string of the molecule is O=S(=O)(CBr)NC1CCCc2occc21. The molecule has 0 bridgehead atoms. The van der Waals surface area contributed by atoms with Crippen LogP contribution < -0.4 is 4.72 Å². The molecule has 84 valence electrons. The van der Waals surface area contributed by atoms with E-state index >= 15 is 0 Å². The van der Waals surface area contributed by atoms with Crippen molar-refractivity contribution in [2.45, 2.75) is 25.3 Å². The second-order valence-electron chi connectivity index (χ2n) is 3.59. The van der Waals surface area contributed by atoms with Gasteiger partial charge in [-0.1, -0.05) is 15.9 Å². The molecule has 0 aliphatic heterocycles. The topological polar surface area (TPSA) is 59.3 Å². The Hall–Kier alpha value is -0.330. The minimum atomic E-state index is -3.21. The Labute approximate surface area is 97.2 Å². The Balaban J connectivity index is 2.20. The number of fused-ring (bicyclic) bond motifs is 1. The van der Waals surface area contributed by atoms with Crippen molar-refractivity contribution in [2.24, 2.45) is 0 Å². The van der Waals surface area contributed by atoms with Crippen LogP contribution in [0.1, 0.15) is 30.2 Å². The Kier molecular flexibility index (Phi) is 3.18. The third-order valence-corrected chi connectivity index (χ3v) is 5.26. The van der Waals surface area contributed by atoms with Gasteiger partial charge in [-0.3, -0.25) is 0 Å². The van der Waals surface area contributed by atoms with Gasteiger partial charge in [-0.15, -0.1) is 0 Å². The predicted molar refractivity (Wildman–Crippen MR) is 60.2 cm³/mol. The van der Waals surface area contributed by atoms with Crippen LogP contribution in [-0.2, 0) is 16.4 Å². The quantitative estimate of drug-likeness (QED) is 0.867. The molecular weight excluding hydrogens is 282 g/mol. The number of hydrogen-bond donors (Lipinski definition) is 1. The van der Waals surface area contributed by atoms with Gasteiger partial charge in [0.15, 0.2) is 0 Å². The molecule has 0 amide bonds. The first-order valence-corrected chi connectivity index (χ1v) is 7.52. The van der Waals surface area contributed by atoms with E-state index in [0.29, 0.717) is 0 Å². The van der Waals surface area contributed by atoms with Gasteiger partial charge in [0, 0.05) is 12.0 Å². The average Bonchev–Trinajstić information content (AvgIpc) is 2.66. The number of sulfonamides is 1. The zero-order chi connectivity index (χ0) is 10.9. The van der Waals surface area contributed by atoms with Crippen molar-refractivity contribution in [2.75, 3.05) is 4.66 Å². The maximum absolute atomic E-state index is 11.4. The summed E-state index contributed by atoms with van der Waals surface area (Å²) in [5.41, 5.74) is 0.978. The molecule has 1 atom stereocenters. The van der Waals surface area contributed by atoms with Crippen LogP contribution in [0.5, 0.6) is 0 Å². The zero-order valence-corrected chi connectivity index (χ0v) is 10.5. The van der Waals surface area contributed by atoms with E-state index in [2.05, 4.69) is 20.7 Å². The van der Waals surface area contributed by atoms with E-state index in [0.717, 1.165) is 30.6 Å². The van der Waals surface area contributed by atoms with E-state index in [4.69, 9.17) is 4.42 Å². The van der Waals surface area contributed by atoms with Crippen molar-refractivity contribution in [1.82, 2.24) is 4.72 Å². The molecule has 1 aliphatic rings. The van der Waals surface area contributed by atoms with Gasteiger partial charge in [-0.25, -0.2) is 13.1 Å². The standard InChI is InChI=1S/C9H12BrNO3S/c10-6-15(12,13)11-8-2-1-3-9-7(8)4-5-14-9/h4-5,8,11H,1-3,6H2. The zero-order valence-electron chi connectivity index (χ0n) is 8.07. The van der Waals surface area contributed by atoms with Gasteiger partial charge in [0.1, 0.15) is 10.4 Å². The molecule has 0 saturated carbocycles. The Morgan fingerprint density at radius 1 is 1.60 bits per heavy atom. The van der Waals surface area contributed by atoms with E-state index in [1.165, 1.54) is 0 Å². The summed E-state index contributed by atoms with van der Waals surface area (Å²) < 4.78 is 30.7. The highest BCUT2D eigenvalue weighted by Crippen LogP contribution is 2.30. The van der Waals surface area contributed by atoms with Crippen LogP contribution >= 0.6 is 15.9 Å². The molecule has 1 unspecified atom stereocenters. The fourth-order valence-corrected chi connectivity index (χ4v) is 2.99. The molecule has 0 saturated heterocycles. The molecule has 0 aromatic carbocycles. The summed E-state index contributed by atoms with van der Waals surface area (Å²) in [6.45, 7) is 0. The highest BCUT2D eigenvalue weighted by atomic mass is 79.9. The lowest BCUT2D eigenvalue weighted by molar-refractivity contribution is 0.439. The van der Waals surface area contributed by atoms with Crippen molar-refractivity contribution in [3.05, 3.63) is 23.7 Å². The molecule has 1 aromatic heterocycles. The van der Waals surface area contributed by atoms with Gasteiger partial charge in [-0.05, 0) is 18.9 Å². The first-order chi connectivity index (χ1) is 7.12. The summed E-state index contributed by atoms with van der Waals surface area (Å²) in [6, 6.07) is 1.71. The third kappa shape index (κ3) is 2.43. The van der Waals surface area contributed by atoms with Crippen LogP contribution in [0.3, 0.4) is 0 Å². The Morgan fingerprint density at radius 3 is 3.13 bits per heavy atom. The lowest BCUT2D eigenvalue weighted by atomic mass is 9.94. The summed E-state index contributed by atoms with van der Waals surface area (Å²) in [4.78, 5) is 0. The molecule has 1 aromatic rings. The number of nitrogens with one attached hydrogen (secondary N) is 1. The van der Waals surface area contributed by atoms with Crippen LogP contribution in [0.4, 0.5) is 0 Å². The Bertz CT molecular complexity index is 440. The molecule has 1 aliphatic carbocycles. The first-order valence-electron chi connectivity index (χ1n) is 4.74. The number of halogens is 1.